The molecule has 0 aliphatic carbocycles. The zero-order valence-corrected chi connectivity index (χ0v) is 13.2. The van der Waals surface area contributed by atoms with Gasteiger partial charge < -0.3 is 5.32 Å². The van der Waals surface area contributed by atoms with Crippen molar-refractivity contribution in [1.29, 1.82) is 0 Å². The molecule has 20 heavy (non-hydrogen) atoms. The maximum atomic E-state index is 6.23. The number of halogens is 2. The van der Waals surface area contributed by atoms with Crippen molar-refractivity contribution in [2.75, 3.05) is 0 Å². The standard InChI is InChI=1S/C17H19Cl2N/c1-12(11-14-7-3-5-9-16(14)18)20-13(2)15-8-4-6-10-17(15)19/h3-10,12-13,20H,11H2,1-2H3. The van der Waals surface area contributed by atoms with Gasteiger partial charge in [-0.15, -0.1) is 0 Å². The Kier molecular flexibility index (Phi) is 5.47. The van der Waals surface area contributed by atoms with Gasteiger partial charge in [-0.2, -0.15) is 0 Å². The number of rotatable bonds is 5. The van der Waals surface area contributed by atoms with Crippen LogP contribution in [0.3, 0.4) is 0 Å². The van der Waals surface area contributed by atoms with Gasteiger partial charge in [-0.25, -0.2) is 0 Å². The summed E-state index contributed by atoms with van der Waals surface area (Å²) in [6.07, 6.45) is 0.897. The fourth-order valence-electron chi connectivity index (χ4n) is 2.40. The van der Waals surface area contributed by atoms with Crippen molar-refractivity contribution in [2.24, 2.45) is 0 Å². The van der Waals surface area contributed by atoms with Crippen LogP contribution in [0.2, 0.25) is 10.0 Å². The smallest absolute Gasteiger partial charge is 0.0453 e. The lowest BCUT2D eigenvalue weighted by molar-refractivity contribution is 0.477. The second-order valence-electron chi connectivity index (χ2n) is 5.11. The SMILES string of the molecule is CC(Cc1ccccc1Cl)NC(C)c1ccccc1Cl. The summed E-state index contributed by atoms with van der Waals surface area (Å²) in [5, 5.41) is 5.20. The Morgan fingerprint density at radius 1 is 0.900 bits per heavy atom. The van der Waals surface area contributed by atoms with Gasteiger partial charge in [-0.1, -0.05) is 59.6 Å². The molecule has 3 heteroatoms. The molecular weight excluding hydrogens is 289 g/mol. The van der Waals surface area contributed by atoms with Crippen molar-refractivity contribution in [3.63, 3.8) is 0 Å². The first kappa shape index (κ1) is 15.4. The summed E-state index contributed by atoms with van der Waals surface area (Å²) in [7, 11) is 0. The fourth-order valence-corrected chi connectivity index (χ4v) is 2.91. The Morgan fingerprint density at radius 2 is 1.50 bits per heavy atom. The van der Waals surface area contributed by atoms with Gasteiger partial charge in [0, 0.05) is 22.1 Å². The number of benzene rings is 2. The van der Waals surface area contributed by atoms with Crippen molar-refractivity contribution in [1.82, 2.24) is 5.32 Å². The van der Waals surface area contributed by atoms with Gasteiger partial charge in [0.05, 0.1) is 0 Å². The number of nitrogens with one attached hydrogen (secondary N) is 1. The molecule has 0 aliphatic heterocycles. The van der Waals surface area contributed by atoms with E-state index in [1.165, 1.54) is 5.56 Å². The van der Waals surface area contributed by atoms with Crippen LogP contribution in [0.5, 0.6) is 0 Å². The lowest BCUT2D eigenvalue weighted by Gasteiger charge is -2.21. The minimum atomic E-state index is 0.209. The lowest BCUT2D eigenvalue weighted by atomic mass is 10.0. The van der Waals surface area contributed by atoms with Crippen LogP contribution in [0.15, 0.2) is 48.5 Å². The average molecular weight is 308 g/mol. The molecule has 0 saturated carbocycles. The summed E-state index contributed by atoms with van der Waals surface area (Å²) in [6.45, 7) is 4.29. The Morgan fingerprint density at radius 3 is 2.15 bits per heavy atom. The van der Waals surface area contributed by atoms with E-state index in [1.807, 2.05) is 36.4 Å². The summed E-state index contributed by atoms with van der Waals surface area (Å²) in [5.41, 5.74) is 2.29. The van der Waals surface area contributed by atoms with Crippen LogP contribution in [-0.2, 0) is 6.42 Å². The highest BCUT2D eigenvalue weighted by molar-refractivity contribution is 6.31. The molecule has 0 saturated heterocycles. The van der Waals surface area contributed by atoms with Gasteiger partial charge in [0.25, 0.3) is 0 Å². The van der Waals surface area contributed by atoms with Crippen LogP contribution < -0.4 is 5.32 Å². The largest absolute Gasteiger partial charge is 0.307 e. The first-order chi connectivity index (χ1) is 9.58. The van der Waals surface area contributed by atoms with Crippen molar-refractivity contribution >= 4 is 23.2 Å². The molecule has 0 aromatic heterocycles. The van der Waals surface area contributed by atoms with E-state index < -0.39 is 0 Å². The molecule has 2 aromatic rings. The van der Waals surface area contributed by atoms with E-state index in [9.17, 15) is 0 Å². The third-order valence-electron chi connectivity index (χ3n) is 3.39. The monoisotopic (exact) mass is 307 g/mol. The molecule has 0 spiro atoms. The third kappa shape index (κ3) is 3.99. The van der Waals surface area contributed by atoms with Gasteiger partial charge in [-0.05, 0) is 43.5 Å². The zero-order valence-electron chi connectivity index (χ0n) is 11.7. The summed E-state index contributed by atoms with van der Waals surface area (Å²) in [5.74, 6) is 0. The molecule has 0 heterocycles. The molecule has 2 aromatic carbocycles. The van der Waals surface area contributed by atoms with Crippen molar-refractivity contribution in [3.05, 3.63) is 69.7 Å². The Bertz CT molecular complexity index is 568. The molecule has 2 rings (SSSR count). The quantitative estimate of drug-likeness (QED) is 0.793. The molecule has 1 nitrogen and oxygen atoms in total. The van der Waals surface area contributed by atoms with Crippen molar-refractivity contribution in [3.8, 4) is 0 Å². The maximum Gasteiger partial charge on any atom is 0.0453 e. The summed E-state index contributed by atoms with van der Waals surface area (Å²) < 4.78 is 0. The topological polar surface area (TPSA) is 12.0 Å². The minimum Gasteiger partial charge on any atom is -0.307 e. The maximum absolute atomic E-state index is 6.23. The Labute approximate surface area is 130 Å². The van der Waals surface area contributed by atoms with Gasteiger partial charge in [0.15, 0.2) is 0 Å². The number of hydrogen-bond acceptors (Lipinski definition) is 1. The highest BCUT2D eigenvalue weighted by Gasteiger charge is 2.13. The molecule has 0 bridgehead atoms. The van der Waals surface area contributed by atoms with Gasteiger partial charge in [0.1, 0.15) is 0 Å². The van der Waals surface area contributed by atoms with Gasteiger partial charge in [-0.3, -0.25) is 0 Å². The van der Waals surface area contributed by atoms with Crippen molar-refractivity contribution in [2.45, 2.75) is 32.4 Å². The Hall–Kier alpha value is -1.02. The summed E-state index contributed by atoms with van der Waals surface area (Å²) in [4.78, 5) is 0. The molecule has 106 valence electrons. The molecule has 2 unspecified atom stereocenters. The molecule has 0 radical (unpaired) electrons. The van der Waals surface area contributed by atoms with Crippen LogP contribution in [0.25, 0.3) is 0 Å². The molecule has 2 atom stereocenters. The molecular formula is C17H19Cl2N. The molecule has 0 amide bonds. The predicted octanol–water partition coefficient (Wildman–Crippen LogP) is 5.28. The first-order valence-corrected chi connectivity index (χ1v) is 7.57. The van der Waals surface area contributed by atoms with E-state index in [1.54, 1.807) is 0 Å². The van der Waals surface area contributed by atoms with E-state index in [2.05, 4.69) is 31.3 Å². The molecule has 0 aliphatic rings. The molecule has 0 fully saturated rings. The van der Waals surface area contributed by atoms with Crippen LogP contribution in [-0.4, -0.2) is 6.04 Å². The number of hydrogen-bond donors (Lipinski definition) is 1. The van der Waals surface area contributed by atoms with E-state index in [0.29, 0.717) is 6.04 Å². The van der Waals surface area contributed by atoms with Gasteiger partial charge in [0.2, 0.25) is 0 Å². The second-order valence-corrected chi connectivity index (χ2v) is 5.92. The lowest BCUT2D eigenvalue weighted by Crippen LogP contribution is -2.30. The van der Waals surface area contributed by atoms with E-state index >= 15 is 0 Å². The molecule has 1 N–H and O–H groups in total. The van der Waals surface area contributed by atoms with Crippen LogP contribution in [0.4, 0.5) is 0 Å². The van der Waals surface area contributed by atoms with E-state index in [4.69, 9.17) is 23.2 Å². The highest BCUT2D eigenvalue weighted by Crippen LogP contribution is 2.23. The zero-order chi connectivity index (χ0) is 14.5. The fraction of sp³-hybridized carbons (Fsp3) is 0.294. The van der Waals surface area contributed by atoms with Crippen LogP contribution in [0.1, 0.15) is 31.0 Å². The highest BCUT2D eigenvalue weighted by atomic mass is 35.5. The average Bonchev–Trinajstić information content (AvgIpc) is 2.41. The second kappa shape index (κ2) is 7.12. The van der Waals surface area contributed by atoms with Crippen molar-refractivity contribution < 1.29 is 0 Å². The van der Waals surface area contributed by atoms with E-state index in [0.717, 1.165) is 22.0 Å². The summed E-state index contributed by atoms with van der Waals surface area (Å²) >= 11 is 12.4. The van der Waals surface area contributed by atoms with Gasteiger partial charge >= 0.3 is 0 Å². The summed E-state index contributed by atoms with van der Waals surface area (Å²) in [6, 6.07) is 16.4. The van der Waals surface area contributed by atoms with E-state index in [-0.39, 0.29) is 6.04 Å². The normalized spacial score (nSPS) is 14.0. The van der Waals surface area contributed by atoms with Crippen LogP contribution >= 0.6 is 23.2 Å². The first-order valence-electron chi connectivity index (χ1n) is 6.82. The minimum absolute atomic E-state index is 0.209. The third-order valence-corrected chi connectivity index (χ3v) is 4.10. The predicted molar refractivity (Wildman–Crippen MR) is 87.6 cm³/mol. The van der Waals surface area contributed by atoms with Crippen LogP contribution in [0, 0.1) is 0 Å². The Balaban J connectivity index is 2.00.